The minimum absolute atomic E-state index is 0.0500. The summed E-state index contributed by atoms with van der Waals surface area (Å²) in [5, 5.41) is 10.7. The fourth-order valence-electron chi connectivity index (χ4n) is 5.27. The molecular weight excluding hydrogens is 302 g/mol. The second-order valence-electron chi connectivity index (χ2n) is 7.38. The molecule has 0 spiro atoms. The van der Waals surface area contributed by atoms with Crippen LogP contribution in [0.2, 0.25) is 0 Å². The summed E-state index contributed by atoms with van der Waals surface area (Å²) in [5.41, 5.74) is 1.28. The van der Waals surface area contributed by atoms with Crippen LogP contribution in [-0.4, -0.2) is 21.8 Å². The quantitative estimate of drug-likeness (QED) is 0.830. The van der Waals surface area contributed by atoms with Crippen LogP contribution in [0.15, 0.2) is 9.72 Å². The number of hydrogen-bond donors (Lipinski definition) is 1. The molecule has 0 saturated heterocycles. The number of thiazole rings is 1. The number of carboxylic acid groups (broad SMARTS) is 1. The van der Waals surface area contributed by atoms with Crippen molar-refractivity contribution in [1.82, 2.24) is 4.98 Å². The predicted molar refractivity (Wildman–Crippen MR) is 84.8 cm³/mol. The maximum atomic E-state index is 10.7. The Balaban J connectivity index is 1.40. The van der Waals surface area contributed by atoms with Gasteiger partial charge in [-0.2, -0.15) is 0 Å². The average molecular weight is 323 g/mol. The van der Waals surface area contributed by atoms with Gasteiger partial charge in [-0.25, -0.2) is 4.98 Å². The van der Waals surface area contributed by atoms with Crippen molar-refractivity contribution in [1.29, 1.82) is 0 Å². The van der Waals surface area contributed by atoms with E-state index in [2.05, 4.69) is 4.98 Å². The molecule has 1 aromatic heterocycles. The summed E-state index contributed by atoms with van der Waals surface area (Å²) in [6, 6.07) is 0. The molecule has 1 aromatic rings. The number of rotatable bonds is 5. The fraction of sp³-hybridized carbons (Fsp3) is 0.750. The minimum atomic E-state index is -0.794. The molecule has 21 heavy (non-hydrogen) atoms. The first-order valence-electron chi connectivity index (χ1n) is 7.89. The van der Waals surface area contributed by atoms with Crippen LogP contribution in [-0.2, 0) is 11.2 Å². The van der Waals surface area contributed by atoms with Crippen LogP contribution in [0.3, 0.4) is 0 Å². The van der Waals surface area contributed by atoms with Gasteiger partial charge in [-0.15, -0.1) is 11.3 Å². The molecule has 4 saturated carbocycles. The van der Waals surface area contributed by atoms with Gasteiger partial charge in [0.1, 0.15) is 4.34 Å². The average Bonchev–Trinajstić information content (AvgIpc) is 2.82. The monoisotopic (exact) mass is 323 g/mol. The summed E-state index contributed by atoms with van der Waals surface area (Å²) in [6.45, 7) is 0. The molecule has 4 aliphatic rings. The van der Waals surface area contributed by atoms with Crippen LogP contribution in [0.1, 0.15) is 44.2 Å². The highest BCUT2D eigenvalue weighted by Gasteiger charge is 2.50. The molecule has 4 fully saturated rings. The molecular formula is C16H21NO2S2. The first kappa shape index (κ1) is 14.1. The van der Waals surface area contributed by atoms with Crippen LogP contribution in [0.5, 0.6) is 0 Å². The summed E-state index contributed by atoms with van der Waals surface area (Å²) < 4.78 is 1.06. The number of aromatic nitrogens is 1. The SMILES string of the molecule is O=C(O)Cc1csc(SCC23CC4CC(CC(C4)C2)C3)n1. The molecule has 5 heteroatoms. The number of nitrogens with zero attached hydrogens (tertiary/aromatic N) is 1. The van der Waals surface area contributed by atoms with E-state index in [1.807, 2.05) is 17.1 Å². The molecule has 0 radical (unpaired) electrons. The zero-order valence-electron chi connectivity index (χ0n) is 12.1. The van der Waals surface area contributed by atoms with E-state index in [0.717, 1.165) is 22.1 Å². The van der Waals surface area contributed by atoms with Crippen molar-refractivity contribution >= 4 is 29.1 Å². The molecule has 4 aliphatic carbocycles. The zero-order chi connectivity index (χ0) is 14.4. The van der Waals surface area contributed by atoms with Gasteiger partial charge in [0, 0.05) is 11.1 Å². The summed E-state index contributed by atoms with van der Waals surface area (Å²) in [7, 11) is 0. The van der Waals surface area contributed by atoms with E-state index in [-0.39, 0.29) is 6.42 Å². The molecule has 0 unspecified atom stereocenters. The van der Waals surface area contributed by atoms with Crippen molar-refractivity contribution in [3.05, 3.63) is 11.1 Å². The molecule has 0 amide bonds. The molecule has 1 heterocycles. The Labute approximate surface area is 133 Å². The molecule has 0 aliphatic heterocycles. The van der Waals surface area contributed by atoms with E-state index < -0.39 is 5.97 Å². The molecule has 0 atom stereocenters. The number of thioether (sulfide) groups is 1. The highest BCUT2D eigenvalue weighted by atomic mass is 32.2. The third kappa shape index (κ3) is 2.87. The largest absolute Gasteiger partial charge is 0.481 e. The Hall–Kier alpha value is -0.550. The summed E-state index contributed by atoms with van der Waals surface area (Å²) in [6.07, 6.45) is 8.81. The lowest BCUT2D eigenvalue weighted by atomic mass is 9.50. The van der Waals surface area contributed by atoms with Crippen LogP contribution in [0.25, 0.3) is 0 Å². The Morgan fingerprint density at radius 1 is 1.29 bits per heavy atom. The van der Waals surface area contributed by atoms with Gasteiger partial charge in [-0.1, -0.05) is 11.8 Å². The standard InChI is InChI=1S/C16H21NO2S2/c18-14(19)4-13-8-20-15(17-13)21-9-16-5-10-1-11(6-16)3-12(2-10)7-16/h8,10-12H,1-7,9H2,(H,18,19). The van der Waals surface area contributed by atoms with Crippen molar-refractivity contribution in [2.75, 3.05) is 5.75 Å². The number of carboxylic acids is 1. The lowest BCUT2D eigenvalue weighted by Crippen LogP contribution is -2.47. The van der Waals surface area contributed by atoms with E-state index in [9.17, 15) is 4.79 Å². The van der Waals surface area contributed by atoms with Crippen LogP contribution in [0.4, 0.5) is 0 Å². The topological polar surface area (TPSA) is 50.2 Å². The minimum Gasteiger partial charge on any atom is -0.481 e. The van der Waals surface area contributed by atoms with Gasteiger partial charge in [0.15, 0.2) is 0 Å². The van der Waals surface area contributed by atoms with Crippen LogP contribution >= 0.6 is 23.1 Å². The van der Waals surface area contributed by atoms with Gasteiger partial charge in [-0.05, 0) is 61.7 Å². The van der Waals surface area contributed by atoms with E-state index in [1.54, 1.807) is 11.3 Å². The van der Waals surface area contributed by atoms with Crippen molar-refractivity contribution in [2.45, 2.75) is 49.3 Å². The highest BCUT2D eigenvalue weighted by molar-refractivity contribution is 8.01. The smallest absolute Gasteiger partial charge is 0.309 e. The van der Waals surface area contributed by atoms with Crippen molar-refractivity contribution in [3.63, 3.8) is 0 Å². The molecule has 3 nitrogen and oxygen atoms in total. The normalized spacial score (nSPS) is 37.0. The molecule has 0 aromatic carbocycles. The summed E-state index contributed by atoms with van der Waals surface area (Å²) >= 11 is 3.48. The van der Waals surface area contributed by atoms with Gasteiger partial charge in [0.2, 0.25) is 0 Å². The lowest BCUT2D eigenvalue weighted by Gasteiger charge is -2.56. The van der Waals surface area contributed by atoms with E-state index in [0.29, 0.717) is 11.1 Å². The van der Waals surface area contributed by atoms with Crippen LogP contribution < -0.4 is 0 Å². The zero-order valence-corrected chi connectivity index (χ0v) is 13.7. The molecule has 1 N–H and O–H groups in total. The Bertz CT molecular complexity index is 519. The first-order valence-corrected chi connectivity index (χ1v) is 9.76. The predicted octanol–water partition coefficient (Wildman–Crippen LogP) is 4.08. The van der Waals surface area contributed by atoms with Gasteiger partial charge >= 0.3 is 5.97 Å². The summed E-state index contributed by atoms with van der Waals surface area (Å²) in [5.74, 6) is 3.39. The van der Waals surface area contributed by atoms with E-state index in [1.165, 1.54) is 44.3 Å². The lowest BCUT2D eigenvalue weighted by molar-refractivity contribution is -0.136. The maximum Gasteiger partial charge on any atom is 0.309 e. The Kier molecular flexibility index (Phi) is 3.53. The third-order valence-electron chi connectivity index (χ3n) is 5.53. The van der Waals surface area contributed by atoms with Crippen molar-refractivity contribution < 1.29 is 9.90 Å². The fourth-order valence-corrected chi connectivity index (χ4v) is 7.37. The van der Waals surface area contributed by atoms with Crippen molar-refractivity contribution in [2.24, 2.45) is 23.2 Å². The summed E-state index contributed by atoms with van der Waals surface area (Å²) in [4.78, 5) is 15.2. The number of hydrogen-bond acceptors (Lipinski definition) is 4. The van der Waals surface area contributed by atoms with Gasteiger partial charge in [0.25, 0.3) is 0 Å². The van der Waals surface area contributed by atoms with Gasteiger partial charge < -0.3 is 5.11 Å². The number of carbonyl (C=O) groups is 1. The molecule has 114 valence electrons. The Morgan fingerprint density at radius 2 is 1.90 bits per heavy atom. The third-order valence-corrected chi connectivity index (χ3v) is 7.95. The van der Waals surface area contributed by atoms with Crippen molar-refractivity contribution in [3.8, 4) is 0 Å². The molecule has 4 bridgehead atoms. The molecule has 5 rings (SSSR count). The van der Waals surface area contributed by atoms with E-state index in [4.69, 9.17) is 5.11 Å². The Morgan fingerprint density at radius 3 is 2.48 bits per heavy atom. The van der Waals surface area contributed by atoms with Crippen LogP contribution in [0, 0.1) is 23.2 Å². The maximum absolute atomic E-state index is 10.7. The second-order valence-corrected chi connectivity index (χ2v) is 9.46. The van der Waals surface area contributed by atoms with E-state index >= 15 is 0 Å². The van der Waals surface area contributed by atoms with Gasteiger partial charge in [-0.3, -0.25) is 4.79 Å². The second kappa shape index (κ2) is 5.27. The highest BCUT2D eigenvalue weighted by Crippen LogP contribution is 2.61. The van der Waals surface area contributed by atoms with Gasteiger partial charge in [0.05, 0.1) is 12.1 Å². The number of aliphatic carboxylic acids is 1. The first-order chi connectivity index (χ1) is 10.1.